The Balaban J connectivity index is 1.48. The van der Waals surface area contributed by atoms with Gasteiger partial charge in [-0.25, -0.2) is 0 Å². The number of nitriles is 3. The molecule has 8 aromatic rings. The van der Waals surface area contributed by atoms with Gasteiger partial charge in [-0.2, -0.15) is 15.8 Å². The lowest BCUT2D eigenvalue weighted by atomic mass is 9.96. The Bertz CT molecular complexity index is 2580. The van der Waals surface area contributed by atoms with E-state index < -0.39 is 8.07 Å². The number of hydrogen-bond donors (Lipinski definition) is 0. The van der Waals surface area contributed by atoms with Crippen molar-refractivity contribution < 1.29 is 0 Å². The summed E-state index contributed by atoms with van der Waals surface area (Å²) in [5, 5.41) is 37.3. The van der Waals surface area contributed by atoms with Crippen LogP contribution in [0.3, 0.4) is 0 Å². The van der Waals surface area contributed by atoms with Gasteiger partial charge in [-0.05, 0) is 69.3 Å². The minimum absolute atomic E-state index is 0.503. The van der Waals surface area contributed by atoms with Crippen LogP contribution in [0.15, 0.2) is 170 Å². The van der Waals surface area contributed by atoms with E-state index in [1.54, 1.807) is 0 Å². The number of nitrogens with zero attached hydrogens (tertiary/aromatic N) is 4. The summed E-state index contributed by atoms with van der Waals surface area (Å²) in [6.07, 6.45) is 0. The first-order chi connectivity index (χ1) is 24.7. The SMILES string of the molecule is N#Cc1ccc(-n2c3ccccc3c3cc(C#N)ccc32)c(-c2cc([Si](c3ccccc3)(c3ccccc3)c3ccccc3)ccc2C#N)c1. The molecule has 0 aliphatic rings. The number of aromatic nitrogens is 1. The van der Waals surface area contributed by atoms with Gasteiger partial charge < -0.3 is 4.57 Å². The summed E-state index contributed by atoms with van der Waals surface area (Å²) in [6.45, 7) is 0. The first kappa shape index (κ1) is 30.4. The van der Waals surface area contributed by atoms with E-state index in [2.05, 4.69) is 120 Å². The molecule has 1 heterocycles. The molecule has 4 nitrogen and oxygen atoms in total. The van der Waals surface area contributed by atoms with Crippen LogP contribution in [0.25, 0.3) is 38.6 Å². The Morgan fingerprint density at radius 1 is 0.400 bits per heavy atom. The highest BCUT2D eigenvalue weighted by Gasteiger charge is 2.41. The van der Waals surface area contributed by atoms with Gasteiger partial charge in [0.25, 0.3) is 0 Å². The third-order valence-electron chi connectivity index (χ3n) is 9.65. The third-order valence-corrected chi connectivity index (χ3v) is 14.4. The zero-order valence-electron chi connectivity index (χ0n) is 27.0. The Kier molecular flexibility index (Phi) is 7.63. The Morgan fingerprint density at radius 3 is 1.54 bits per heavy atom. The molecule has 1 aromatic heterocycles. The topological polar surface area (TPSA) is 76.3 Å². The van der Waals surface area contributed by atoms with Crippen LogP contribution in [0, 0.1) is 34.0 Å². The molecular formula is C45H28N4Si. The average molecular weight is 653 g/mol. The average Bonchev–Trinajstić information content (AvgIpc) is 3.52. The molecule has 0 atom stereocenters. The highest BCUT2D eigenvalue weighted by Crippen LogP contribution is 2.38. The van der Waals surface area contributed by atoms with E-state index in [1.165, 1.54) is 15.6 Å². The van der Waals surface area contributed by atoms with E-state index in [9.17, 15) is 15.8 Å². The normalized spacial score (nSPS) is 11.1. The van der Waals surface area contributed by atoms with Gasteiger partial charge in [0.05, 0.1) is 51.6 Å². The zero-order valence-corrected chi connectivity index (χ0v) is 28.0. The predicted octanol–water partition coefficient (Wildman–Crippen LogP) is 7.44. The van der Waals surface area contributed by atoms with Gasteiger partial charge in [-0.3, -0.25) is 0 Å². The Morgan fingerprint density at radius 2 is 0.940 bits per heavy atom. The molecule has 0 N–H and O–H groups in total. The minimum atomic E-state index is -2.92. The quantitative estimate of drug-likeness (QED) is 0.138. The Hall–Kier alpha value is -6.97. The standard InChI is InChI=1S/C45H28N4Si/c46-29-32-20-24-44-41(26-32)39-18-10-11-19-43(39)49(44)45-25-21-33(30-47)27-42(45)40-28-38(23-22-34(40)31-48)50(35-12-4-1-5-13-35,36-14-6-2-7-15-36)37-16-8-3-9-17-37/h1-28H. The van der Waals surface area contributed by atoms with E-state index in [0.717, 1.165) is 43.8 Å². The fourth-order valence-electron chi connectivity index (χ4n) is 7.48. The molecule has 7 aromatic carbocycles. The van der Waals surface area contributed by atoms with Gasteiger partial charge in [0.2, 0.25) is 0 Å². The van der Waals surface area contributed by atoms with Gasteiger partial charge in [0.1, 0.15) is 0 Å². The molecule has 0 aliphatic carbocycles. The molecule has 232 valence electrons. The lowest BCUT2D eigenvalue weighted by molar-refractivity contribution is 1.18. The van der Waals surface area contributed by atoms with Gasteiger partial charge >= 0.3 is 0 Å². The van der Waals surface area contributed by atoms with E-state index in [1.807, 2.05) is 72.8 Å². The van der Waals surface area contributed by atoms with Crippen LogP contribution in [0.2, 0.25) is 0 Å². The van der Waals surface area contributed by atoms with Crippen LogP contribution >= 0.6 is 0 Å². The summed E-state index contributed by atoms with van der Waals surface area (Å²) in [5.41, 5.74) is 5.91. The summed E-state index contributed by atoms with van der Waals surface area (Å²) in [4.78, 5) is 0. The van der Waals surface area contributed by atoms with Crippen molar-refractivity contribution >= 4 is 50.6 Å². The summed E-state index contributed by atoms with van der Waals surface area (Å²) < 4.78 is 2.19. The van der Waals surface area contributed by atoms with E-state index >= 15 is 0 Å². The van der Waals surface area contributed by atoms with Crippen LogP contribution < -0.4 is 20.7 Å². The van der Waals surface area contributed by atoms with Crippen molar-refractivity contribution in [2.45, 2.75) is 0 Å². The van der Waals surface area contributed by atoms with Gasteiger partial charge in [-0.1, -0.05) is 121 Å². The molecule has 5 heteroatoms. The van der Waals surface area contributed by atoms with Crippen LogP contribution in [0.4, 0.5) is 0 Å². The lowest BCUT2D eigenvalue weighted by Gasteiger charge is -2.35. The van der Waals surface area contributed by atoms with Crippen molar-refractivity contribution in [3.8, 4) is 35.0 Å². The van der Waals surface area contributed by atoms with Gasteiger partial charge in [0, 0.05) is 21.9 Å². The van der Waals surface area contributed by atoms with Gasteiger partial charge in [-0.15, -0.1) is 0 Å². The maximum absolute atomic E-state index is 10.6. The van der Waals surface area contributed by atoms with E-state index in [0.29, 0.717) is 16.7 Å². The molecule has 0 saturated carbocycles. The van der Waals surface area contributed by atoms with Gasteiger partial charge in [0.15, 0.2) is 8.07 Å². The minimum Gasteiger partial charge on any atom is -0.309 e. The lowest BCUT2D eigenvalue weighted by Crippen LogP contribution is -2.74. The molecule has 8 rings (SSSR count). The summed E-state index contributed by atoms with van der Waals surface area (Å²) in [5.74, 6) is 0. The summed E-state index contributed by atoms with van der Waals surface area (Å²) >= 11 is 0. The van der Waals surface area contributed by atoms with Crippen molar-refractivity contribution in [3.63, 3.8) is 0 Å². The van der Waals surface area contributed by atoms with Crippen LogP contribution in [-0.2, 0) is 0 Å². The molecule has 0 spiro atoms. The predicted molar refractivity (Wildman–Crippen MR) is 204 cm³/mol. The van der Waals surface area contributed by atoms with Crippen LogP contribution in [0.1, 0.15) is 16.7 Å². The number of rotatable bonds is 6. The first-order valence-corrected chi connectivity index (χ1v) is 18.4. The summed E-state index contributed by atoms with van der Waals surface area (Å²) in [6, 6.07) is 65.0. The van der Waals surface area contributed by atoms with Crippen molar-refractivity contribution in [2.24, 2.45) is 0 Å². The zero-order chi connectivity index (χ0) is 34.1. The molecule has 0 aliphatic heterocycles. The number of hydrogen-bond acceptors (Lipinski definition) is 3. The summed E-state index contributed by atoms with van der Waals surface area (Å²) in [7, 11) is -2.92. The fraction of sp³-hybridized carbons (Fsp3) is 0. The molecular weight excluding hydrogens is 625 g/mol. The smallest absolute Gasteiger partial charge is 0.179 e. The molecule has 0 fully saturated rings. The maximum atomic E-state index is 10.6. The second kappa shape index (κ2) is 12.6. The Labute approximate surface area is 291 Å². The number of benzene rings is 7. The maximum Gasteiger partial charge on any atom is 0.179 e. The molecule has 0 saturated heterocycles. The largest absolute Gasteiger partial charge is 0.309 e. The molecule has 0 radical (unpaired) electrons. The van der Waals surface area contributed by atoms with Crippen molar-refractivity contribution in [2.75, 3.05) is 0 Å². The van der Waals surface area contributed by atoms with Crippen molar-refractivity contribution in [1.82, 2.24) is 4.57 Å². The first-order valence-electron chi connectivity index (χ1n) is 16.4. The third kappa shape index (κ3) is 4.80. The van der Waals surface area contributed by atoms with Crippen LogP contribution in [-0.4, -0.2) is 12.6 Å². The fourth-order valence-corrected chi connectivity index (χ4v) is 12.3. The van der Waals surface area contributed by atoms with Crippen molar-refractivity contribution in [1.29, 1.82) is 15.8 Å². The molecule has 0 amide bonds. The highest BCUT2D eigenvalue weighted by atomic mass is 28.3. The monoisotopic (exact) mass is 652 g/mol. The second-order valence-electron chi connectivity index (χ2n) is 12.3. The van der Waals surface area contributed by atoms with Crippen molar-refractivity contribution in [3.05, 3.63) is 187 Å². The van der Waals surface area contributed by atoms with E-state index in [4.69, 9.17) is 0 Å². The van der Waals surface area contributed by atoms with E-state index in [-0.39, 0.29) is 0 Å². The highest BCUT2D eigenvalue weighted by molar-refractivity contribution is 7.19. The molecule has 50 heavy (non-hydrogen) atoms. The number of fused-ring (bicyclic) bond motifs is 3. The second-order valence-corrected chi connectivity index (χ2v) is 16.1. The molecule has 0 unspecified atom stereocenters. The van der Waals surface area contributed by atoms with Crippen LogP contribution in [0.5, 0.6) is 0 Å². The molecule has 0 bridgehead atoms. The number of para-hydroxylation sites is 1.